The van der Waals surface area contributed by atoms with Gasteiger partial charge >= 0.3 is 0 Å². The van der Waals surface area contributed by atoms with Crippen LogP contribution in [0.4, 0.5) is 5.69 Å². The van der Waals surface area contributed by atoms with Gasteiger partial charge in [0, 0.05) is 44.0 Å². The highest BCUT2D eigenvalue weighted by Gasteiger charge is 2.30. The van der Waals surface area contributed by atoms with E-state index >= 15 is 0 Å². The van der Waals surface area contributed by atoms with Gasteiger partial charge in [-0.1, -0.05) is 6.07 Å². The molecule has 2 aliphatic rings. The molecule has 0 bridgehead atoms. The number of fused-ring (bicyclic) bond motifs is 1. The van der Waals surface area contributed by atoms with Crippen LogP contribution in [0.5, 0.6) is 0 Å². The van der Waals surface area contributed by atoms with Gasteiger partial charge in [0.25, 0.3) is 0 Å². The molecule has 1 aromatic carbocycles. The van der Waals surface area contributed by atoms with Crippen molar-refractivity contribution in [1.29, 1.82) is 0 Å². The van der Waals surface area contributed by atoms with Gasteiger partial charge in [-0.2, -0.15) is 0 Å². The van der Waals surface area contributed by atoms with Crippen molar-refractivity contribution in [2.75, 3.05) is 31.5 Å². The summed E-state index contributed by atoms with van der Waals surface area (Å²) in [5, 5.41) is 7.12. The van der Waals surface area contributed by atoms with Crippen LogP contribution in [0.2, 0.25) is 0 Å². The highest BCUT2D eigenvalue weighted by molar-refractivity contribution is 5.60. The SMILES string of the molecule is Cc1cc(C)c2c(c1)NC(C)CC2N1CCNCC1. The number of nitrogens with one attached hydrogen (secondary N) is 2. The predicted molar refractivity (Wildman–Crippen MR) is 80.8 cm³/mol. The predicted octanol–water partition coefficient (Wildman–Crippen LogP) is 2.45. The molecule has 2 heterocycles. The summed E-state index contributed by atoms with van der Waals surface area (Å²) in [4.78, 5) is 2.66. The highest BCUT2D eigenvalue weighted by atomic mass is 15.2. The van der Waals surface area contributed by atoms with E-state index in [-0.39, 0.29) is 0 Å². The summed E-state index contributed by atoms with van der Waals surface area (Å²) in [7, 11) is 0. The van der Waals surface area contributed by atoms with Gasteiger partial charge in [-0.3, -0.25) is 4.90 Å². The Hall–Kier alpha value is -1.06. The van der Waals surface area contributed by atoms with E-state index in [1.54, 1.807) is 0 Å². The highest BCUT2D eigenvalue weighted by Crippen LogP contribution is 2.39. The second-order valence-electron chi connectivity index (χ2n) is 6.13. The van der Waals surface area contributed by atoms with Crippen LogP contribution < -0.4 is 10.6 Å². The minimum Gasteiger partial charge on any atom is -0.382 e. The van der Waals surface area contributed by atoms with Crippen LogP contribution in [0.1, 0.15) is 36.1 Å². The van der Waals surface area contributed by atoms with Gasteiger partial charge in [-0.25, -0.2) is 0 Å². The number of rotatable bonds is 1. The van der Waals surface area contributed by atoms with Gasteiger partial charge in [-0.05, 0) is 49.9 Å². The molecule has 0 spiro atoms. The number of hydrogen-bond donors (Lipinski definition) is 2. The first-order chi connectivity index (χ1) is 9.15. The fraction of sp³-hybridized carbons (Fsp3) is 0.625. The fourth-order valence-corrected chi connectivity index (χ4v) is 3.64. The zero-order valence-corrected chi connectivity index (χ0v) is 12.3. The third-order valence-corrected chi connectivity index (χ3v) is 4.44. The first-order valence-electron chi connectivity index (χ1n) is 7.47. The molecule has 2 aliphatic heterocycles. The lowest BCUT2D eigenvalue weighted by atomic mass is 9.88. The van der Waals surface area contributed by atoms with Gasteiger partial charge in [0.05, 0.1) is 0 Å². The molecule has 2 unspecified atom stereocenters. The second-order valence-corrected chi connectivity index (χ2v) is 6.13. The molecule has 0 radical (unpaired) electrons. The molecule has 104 valence electrons. The Morgan fingerprint density at radius 3 is 2.63 bits per heavy atom. The zero-order valence-electron chi connectivity index (χ0n) is 12.3. The van der Waals surface area contributed by atoms with E-state index in [0.29, 0.717) is 12.1 Å². The lowest BCUT2D eigenvalue weighted by Gasteiger charge is -2.41. The normalized spacial score (nSPS) is 27.7. The topological polar surface area (TPSA) is 27.3 Å². The lowest BCUT2D eigenvalue weighted by molar-refractivity contribution is 0.158. The second kappa shape index (κ2) is 5.14. The minimum absolute atomic E-state index is 0.564. The third-order valence-electron chi connectivity index (χ3n) is 4.44. The van der Waals surface area contributed by atoms with Crippen LogP contribution in [0.15, 0.2) is 12.1 Å². The fourth-order valence-electron chi connectivity index (χ4n) is 3.64. The Morgan fingerprint density at radius 1 is 1.16 bits per heavy atom. The molecule has 3 nitrogen and oxygen atoms in total. The first-order valence-corrected chi connectivity index (χ1v) is 7.47. The molecular weight excluding hydrogens is 234 g/mol. The van der Waals surface area contributed by atoms with Crippen LogP contribution in [0.3, 0.4) is 0 Å². The molecule has 0 aromatic heterocycles. The molecule has 0 saturated carbocycles. The van der Waals surface area contributed by atoms with E-state index in [1.807, 2.05) is 0 Å². The summed E-state index contributed by atoms with van der Waals surface area (Å²) in [6.07, 6.45) is 1.22. The Balaban J connectivity index is 1.98. The molecule has 1 aromatic rings. The van der Waals surface area contributed by atoms with Crippen LogP contribution in [-0.4, -0.2) is 37.1 Å². The first kappa shape index (κ1) is 12.9. The Morgan fingerprint density at radius 2 is 1.89 bits per heavy atom. The summed E-state index contributed by atoms with van der Waals surface area (Å²) >= 11 is 0. The molecule has 0 aliphatic carbocycles. The maximum Gasteiger partial charge on any atom is 0.0396 e. The number of benzene rings is 1. The van der Waals surface area contributed by atoms with Crippen molar-refractivity contribution in [3.63, 3.8) is 0 Å². The van der Waals surface area contributed by atoms with Crippen LogP contribution in [0.25, 0.3) is 0 Å². The molecule has 0 amide bonds. The van der Waals surface area contributed by atoms with E-state index in [2.05, 4.69) is 48.4 Å². The average molecular weight is 259 g/mol. The third kappa shape index (κ3) is 2.49. The molecule has 2 N–H and O–H groups in total. The Bertz CT molecular complexity index is 463. The molecule has 3 rings (SSSR count). The maximum absolute atomic E-state index is 3.67. The van der Waals surface area contributed by atoms with E-state index in [1.165, 1.54) is 41.9 Å². The number of hydrogen-bond acceptors (Lipinski definition) is 3. The largest absolute Gasteiger partial charge is 0.382 e. The molecule has 2 atom stereocenters. The van der Waals surface area contributed by atoms with E-state index < -0.39 is 0 Å². The number of piperazine rings is 1. The van der Waals surface area contributed by atoms with E-state index in [0.717, 1.165) is 13.1 Å². The quantitative estimate of drug-likeness (QED) is 0.811. The molecular formula is C16H25N3. The summed E-state index contributed by atoms with van der Waals surface area (Å²) < 4.78 is 0. The molecule has 1 saturated heterocycles. The monoisotopic (exact) mass is 259 g/mol. The number of nitrogens with zero attached hydrogens (tertiary/aromatic N) is 1. The number of aryl methyl sites for hydroxylation is 2. The smallest absolute Gasteiger partial charge is 0.0396 e. The van der Waals surface area contributed by atoms with Gasteiger partial charge in [0.1, 0.15) is 0 Å². The Kier molecular flexibility index (Phi) is 3.50. The van der Waals surface area contributed by atoms with Gasteiger partial charge in [-0.15, -0.1) is 0 Å². The van der Waals surface area contributed by atoms with Crippen molar-refractivity contribution in [1.82, 2.24) is 10.2 Å². The van der Waals surface area contributed by atoms with Gasteiger partial charge < -0.3 is 10.6 Å². The van der Waals surface area contributed by atoms with Crippen molar-refractivity contribution < 1.29 is 0 Å². The standard InChI is InChI=1S/C16H25N3/c1-11-8-12(2)16-14(9-11)18-13(3)10-15(16)19-6-4-17-5-7-19/h8-9,13,15,17-18H,4-7,10H2,1-3H3. The maximum atomic E-state index is 3.67. The zero-order chi connectivity index (χ0) is 13.4. The van der Waals surface area contributed by atoms with E-state index in [9.17, 15) is 0 Å². The molecule has 3 heteroatoms. The van der Waals surface area contributed by atoms with Crippen molar-refractivity contribution in [2.24, 2.45) is 0 Å². The number of anilines is 1. The van der Waals surface area contributed by atoms with Crippen molar-refractivity contribution in [3.8, 4) is 0 Å². The average Bonchev–Trinajstić information content (AvgIpc) is 2.38. The van der Waals surface area contributed by atoms with Crippen molar-refractivity contribution in [2.45, 2.75) is 39.3 Å². The Labute approximate surface area is 116 Å². The summed E-state index contributed by atoms with van der Waals surface area (Å²) in [6.45, 7) is 11.3. The van der Waals surface area contributed by atoms with Crippen molar-refractivity contribution >= 4 is 5.69 Å². The molecule has 1 fully saturated rings. The summed E-state index contributed by atoms with van der Waals surface area (Å²) in [5.41, 5.74) is 5.69. The molecule has 19 heavy (non-hydrogen) atoms. The minimum atomic E-state index is 0.564. The summed E-state index contributed by atoms with van der Waals surface area (Å²) in [5.74, 6) is 0. The van der Waals surface area contributed by atoms with E-state index in [4.69, 9.17) is 0 Å². The van der Waals surface area contributed by atoms with Crippen LogP contribution >= 0.6 is 0 Å². The lowest BCUT2D eigenvalue weighted by Crippen LogP contribution is -2.47. The van der Waals surface area contributed by atoms with Crippen LogP contribution in [-0.2, 0) is 0 Å². The van der Waals surface area contributed by atoms with Gasteiger partial charge in [0.2, 0.25) is 0 Å². The van der Waals surface area contributed by atoms with Crippen LogP contribution in [0, 0.1) is 13.8 Å². The van der Waals surface area contributed by atoms with Gasteiger partial charge in [0.15, 0.2) is 0 Å². The summed E-state index contributed by atoms with van der Waals surface area (Å²) in [6, 6.07) is 5.79. The van der Waals surface area contributed by atoms with Crippen molar-refractivity contribution in [3.05, 3.63) is 28.8 Å².